The normalized spacial score (nSPS) is 21.6. The Morgan fingerprint density at radius 1 is 1.14 bits per heavy atom. The van der Waals surface area contributed by atoms with E-state index in [9.17, 15) is 19.1 Å². The molecule has 0 bridgehead atoms. The standard InChI is InChI=1S/C22H23FN2O3/c23-19-4-2-1-3-17(19)16-7-5-15(6-8-16)14-25-11-9-22(10-12-25)18(21(27)28)13-20(26)24-22/h1-8,18H,9-14H2,(H,24,26)(H,27,28). The molecular formula is C22H23FN2O3. The van der Waals surface area contributed by atoms with Gasteiger partial charge in [0.15, 0.2) is 0 Å². The molecule has 146 valence electrons. The van der Waals surface area contributed by atoms with Crippen molar-refractivity contribution < 1.29 is 19.1 Å². The summed E-state index contributed by atoms with van der Waals surface area (Å²) in [7, 11) is 0. The van der Waals surface area contributed by atoms with Crippen molar-refractivity contribution in [3.05, 3.63) is 59.9 Å². The summed E-state index contributed by atoms with van der Waals surface area (Å²) in [5, 5.41) is 12.4. The van der Waals surface area contributed by atoms with Crippen LogP contribution in [-0.2, 0) is 16.1 Å². The molecule has 2 aliphatic heterocycles. The fraction of sp³-hybridized carbons (Fsp3) is 0.364. The third-order valence-electron chi connectivity index (χ3n) is 6.04. The Kier molecular flexibility index (Phi) is 4.89. The first kappa shape index (κ1) is 18.6. The van der Waals surface area contributed by atoms with Crippen molar-refractivity contribution in [1.82, 2.24) is 10.2 Å². The van der Waals surface area contributed by atoms with Crippen LogP contribution in [0.4, 0.5) is 4.39 Å². The van der Waals surface area contributed by atoms with E-state index in [1.54, 1.807) is 12.1 Å². The average Bonchev–Trinajstić information content (AvgIpc) is 3.01. The van der Waals surface area contributed by atoms with Crippen LogP contribution < -0.4 is 5.32 Å². The van der Waals surface area contributed by atoms with Crippen LogP contribution in [0, 0.1) is 11.7 Å². The van der Waals surface area contributed by atoms with Gasteiger partial charge in [0.1, 0.15) is 5.82 Å². The minimum atomic E-state index is -0.893. The summed E-state index contributed by atoms with van der Waals surface area (Å²) >= 11 is 0. The number of carboxylic acid groups (broad SMARTS) is 1. The fourth-order valence-corrected chi connectivity index (χ4v) is 4.45. The van der Waals surface area contributed by atoms with Crippen LogP contribution in [0.1, 0.15) is 24.8 Å². The number of hydrogen-bond donors (Lipinski definition) is 2. The predicted octanol–water partition coefficient (Wildman–Crippen LogP) is 3.05. The first-order valence-electron chi connectivity index (χ1n) is 9.57. The molecule has 0 radical (unpaired) electrons. The number of halogens is 1. The Morgan fingerprint density at radius 3 is 2.46 bits per heavy atom. The summed E-state index contributed by atoms with van der Waals surface area (Å²) in [4.78, 5) is 25.6. The molecule has 1 amide bonds. The van der Waals surface area contributed by atoms with Gasteiger partial charge >= 0.3 is 5.97 Å². The van der Waals surface area contributed by atoms with Gasteiger partial charge in [0, 0.05) is 31.6 Å². The van der Waals surface area contributed by atoms with Crippen molar-refractivity contribution >= 4 is 11.9 Å². The third-order valence-corrected chi connectivity index (χ3v) is 6.04. The average molecular weight is 382 g/mol. The highest BCUT2D eigenvalue weighted by molar-refractivity contribution is 5.88. The van der Waals surface area contributed by atoms with E-state index in [0.717, 1.165) is 30.8 Å². The van der Waals surface area contributed by atoms with Gasteiger partial charge < -0.3 is 10.4 Å². The van der Waals surface area contributed by atoms with E-state index in [0.29, 0.717) is 18.4 Å². The molecule has 4 rings (SSSR count). The van der Waals surface area contributed by atoms with Crippen molar-refractivity contribution in [3.63, 3.8) is 0 Å². The van der Waals surface area contributed by atoms with Crippen molar-refractivity contribution in [1.29, 1.82) is 0 Å². The smallest absolute Gasteiger partial charge is 0.309 e. The molecular weight excluding hydrogens is 359 g/mol. The third kappa shape index (κ3) is 3.52. The van der Waals surface area contributed by atoms with E-state index in [4.69, 9.17) is 0 Å². The number of carboxylic acids is 1. The number of benzene rings is 2. The lowest BCUT2D eigenvalue weighted by Gasteiger charge is -2.41. The fourth-order valence-electron chi connectivity index (χ4n) is 4.45. The van der Waals surface area contributed by atoms with Gasteiger partial charge in [0.25, 0.3) is 0 Å². The molecule has 5 nitrogen and oxygen atoms in total. The van der Waals surface area contributed by atoms with Crippen LogP contribution in [0.25, 0.3) is 11.1 Å². The van der Waals surface area contributed by atoms with Gasteiger partial charge in [-0.3, -0.25) is 14.5 Å². The quantitative estimate of drug-likeness (QED) is 0.853. The Bertz CT molecular complexity index is 889. The maximum absolute atomic E-state index is 13.9. The predicted molar refractivity (Wildman–Crippen MR) is 103 cm³/mol. The number of likely N-dealkylation sites (tertiary alicyclic amines) is 1. The van der Waals surface area contributed by atoms with Gasteiger partial charge in [-0.2, -0.15) is 0 Å². The molecule has 1 atom stereocenters. The summed E-state index contributed by atoms with van der Waals surface area (Å²) in [5.74, 6) is -1.93. The van der Waals surface area contributed by atoms with Gasteiger partial charge in [-0.05, 0) is 30.0 Å². The summed E-state index contributed by atoms with van der Waals surface area (Å²) in [5.41, 5.74) is 1.96. The number of amides is 1. The lowest BCUT2D eigenvalue weighted by Crippen LogP contribution is -2.55. The van der Waals surface area contributed by atoms with Crippen LogP contribution in [0.2, 0.25) is 0 Å². The monoisotopic (exact) mass is 382 g/mol. The molecule has 1 spiro atoms. The van der Waals surface area contributed by atoms with E-state index < -0.39 is 17.4 Å². The molecule has 2 aromatic carbocycles. The first-order chi connectivity index (χ1) is 13.5. The lowest BCUT2D eigenvalue weighted by molar-refractivity contribution is -0.144. The Balaban J connectivity index is 1.40. The number of nitrogens with zero attached hydrogens (tertiary/aromatic N) is 1. The Labute approximate surface area is 163 Å². The van der Waals surface area contributed by atoms with Gasteiger partial charge in [-0.1, -0.05) is 42.5 Å². The topological polar surface area (TPSA) is 69.6 Å². The minimum absolute atomic E-state index is 0.0762. The second-order valence-corrected chi connectivity index (χ2v) is 7.75. The Morgan fingerprint density at radius 2 is 1.82 bits per heavy atom. The molecule has 6 heteroatoms. The van der Waals surface area contributed by atoms with Crippen LogP contribution in [-0.4, -0.2) is 40.5 Å². The van der Waals surface area contributed by atoms with Crippen molar-refractivity contribution in [2.24, 2.45) is 5.92 Å². The number of hydrogen-bond acceptors (Lipinski definition) is 3. The van der Waals surface area contributed by atoms with Gasteiger partial charge in [-0.25, -0.2) is 4.39 Å². The van der Waals surface area contributed by atoms with E-state index in [1.165, 1.54) is 6.07 Å². The van der Waals surface area contributed by atoms with Gasteiger partial charge in [-0.15, -0.1) is 0 Å². The number of nitrogens with one attached hydrogen (secondary N) is 1. The highest BCUT2D eigenvalue weighted by Crippen LogP contribution is 2.37. The second-order valence-electron chi connectivity index (χ2n) is 7.75. The molecule has 28 heavy (non-hydrogen) atoms. The molecule has 0 saturated carbocycles. The lowest BCUT2D eigenvalue weighted by atomic mass is 9.77. The summed E-state index contributed by atoms with van der Waals surface area (Å²) in [6, 6.07) is 14.6. The van der Waals surface area contributed by atoms with E-state index in [1.807, 2.05) is 30.3 Å². The summed E-state index contributed by atoms with van der Waals surface area (Å²) < 4.78 is 13.9. The zero-order valence-corrected chi connectivity index (χ0v) is 15.5. The van der Waals surface area contributed by atoms with Crippen LogP contribution in [0.3, 0.4) is 0 Å². The number of rotatable bonds is 4. The van der Waals surface area contributed by atoms with Crippen LogP contribution in [0.5, 0.6) is 0 Å². The summed E-state index contributed by atoms with van der Waals surface area (Å²) in [6.07, 6.45) is 1.36. The van der Waals surface area contributed by atoms with Gasteiger partial charge in [0.2, 0.25) is 5.91 Å². The zero-order chi connectivity index (χ0) is 19.7. The maximum Gasteiger partial charge on any atom is 0.309 e. The Hall–Kier alpha value is -2.73. The number of piperidine rings is 1. The molecule has 2 saturated heterocycles. The molecule has 1 unspecified atom stereocenters. The van der Waals surface area contributed by atoms with Crippen molar-refractivity contribution in [2.45, 2.75) is 31.3 Å². The molecule has 2 N–H and O–H groups in total. The molecule has 2 heterocycles. The molecule has 2 aromatic rings. The maximum atomic E-state index is 13.9. The number of aliphatic carboxylic acids is 1. The van der Waals surface area contributed by atoms with E-state index in [-0.39, 0.29) is 18.1 Å². The number of carbonyl (C=O) groups excluding carboxylic acids is 1. The number of carbonyl (C=O) groups is 2. The zero-order valence-electron chi connectivity index (χ0n) is 15.5. The molecule has 2 aliphatic rings. The van der Waals surface area contributed by atoms with E-state index in [2.05, 4.69) is 10.2 Å². The van der Waals surface area contributed by atoms with Crippen molar-refractivity contribution in [3.8, 4) is 11.1 Å². The summed E-state index contributed by atoms with van der Waals surface area (Å²) in [6.45, 7) is 2.22. The van der Waals surface area contributed by atoms with Crippen molar-refractivity contribution in [2.75, 3.05) is 13.1 Å². The molecule has 0 aromatic heterocycles. The highest BCUT2D eigenvalue weighted by Gasteiger charge is 2.51. The highest BCUT2D eigenvalue weighted by atomic mass is 19.1. The van der Waals surface area contributed by atoms with Crippen LogP contribution >= 0.6 is 0 Å². The first-order valence-corrected chi connectivity index (χ1v) is 9.57. The largest absolute Gasteiger partial charge is 0.481 e. The van der Waals surface area contributed by atoms with Crippen LogP contribution in [0.15, 0.2) is 48.5 Å². The van der Waals surface area contributed by atoms with E-state index >= 15 is 0 Å². The second kappa shape index (κ2) is 7.36. The SMILES string of the molecule is O=C1CC(C(=O)O)C2(CCN(Cc3ccc(-c4ccccc4F)cc3)CC2)N1. The van der Waals surface area contributed by atoms with Gasteiger partial charge in [0.05, 0.1) is 11.5 Å². The molecule has 0 aliphatic carbocycles. The minimum Gasteiger partial charge on any atom is -0.481 e. The molecule has 2 fully saturated rings.